The van der Waals surface area contributed by atoms with Crippen molar-refractivity contribution in [2.24, 2.45) is 0 Å². The van der Waals surface area contributed by atoms with Crippen molar-refractivity contribution in [1.29, 1.82) is 0 Å². The van der Waals surface area contributed by atoms with Crippen LogP contribution >= 0.6 is 7.82 Å². The Morgan fingerprint density at radius 1 is 0.508 bits per heavy atom. The fourth-order valence-corrected chi connectivity index (χ4v) is 8.23. The normalized spacial score (nSPS) is 22.1. The zero-order valence-corrected chi connectivity index (χ0v) is 39.8. The van der Waals surface area contributed by atoms with Crippen LogP contribution in [0.4, 0.5) is 0 Å². The summed E-state index contributed by atoms with van der Waals surface area (Å²) in [5, 5.41) is 50.2. The maximum Gasteiger partial charge on any atom is 0.472 e. The van der Waals surface area contributed by atoms with Crippen LogP contribution in [0, 0.1) is 0 Å². The van der Waals surface area contributed by atoms with Crippen molar-refractivity contribution in [2.45, 2.75) is 236 Å². The molecular formula is C49H87O13P. The van der Waals surface area contributed by atoms with Crippen molar-refractivity contribution in [3.05, 3.63) is 48.6 Å². The molecule has 14 heteroatoms. The first-order chi connectivity index (χ1) is 30.4. The number of unbranched alkanes of at least 4 members (excludes halogenated alkanes) is 20. The van der Waals surface area contributed by atoms with E-state index >= 15 is 0 Å². The molecule has 0 bridgehead atoms. The number of allylic oxidation sites excluding steroid dienone is 8. The standard InChI is InChI=1S/C49H87O13P/c1-3-5-7-9-11-13-15-17-18-19-20-21-22-23-24-26-27-29-31-33-35-37-42(50)59-39-41(40-60-63(57,58)62-49-47(55)45(53)44(52)46(54)48(49)56)61-43(51)38-36-34-32-30-28-25-16-14-12-10-8-6-4-2/h5,7,11,13,25,28,32,34,41,44-49,52-56H,3-4,6,8-10,12,14-24,26-27,29-31,33,35-40H2,1-2H3,(H,57,58)/b7-5+,13-11+,28-25+,34-32+/t41?,44?,45-,46?,47?,48?,49?/m0/s1. The molecule has 0 heterocycles. The zero-order valence-electron chi connectivity index (χ0n) is 38.9. The Morgan fingerprint density at radius 2 is 0.937 bits per heavy atom. The van der Waals surface area contributed by atoms with Gasteiger partial charge in [0.2, 0.25) is 0 Å². The Hall–Kier alpha value is -2.19. The monoisotopic (exact) mass is 915 g/mol. The van der Waals surface area contributed by atoms with E-state index in [-0.39, 0.29) is 12.8 Å². The average Bonchev–Trinajstić information content (AvgIpc) is 3.26. The van der Waals surface area contributed by atoms with E-state index in [0.717, 1.165) is 44.9 Å². The van der Waals surface area contributed by atoms with Gasteiger partial charge in [-0.2, -0.15) is 0 Å². The van der Waals surface area contributed by atoms with Crippen LogP contribution in [0.25, 0.3) is 0 Å². The second kappa shape index (κ2) is 39.0. The van der Waals surface area contributed by atoms with Gasteiger partial charge in [0, 0.05) is 12.8 Å². The molecule has 0 aromatic carbocycles. The molecule has 0 aliphatic heterocycles. The topological polar surface area (TPSA) is 210 Å². The predicted molar refractivity (Wildman–Crippen MR) is 249 cm³/mol. The number of hydrogen-bond acceptors (Lipinski definition) is 12. The third-order valence-corrected chi connectivity index (χ3v) is 12.2. The molecule has 0 spiro atoms. The van der Waals surface area contributed by atoms with Crippen LogP contribution in [0.15, 0.2) is 48.6 Å². The van der Waals surface area contributed by atoms with Gasteiger partial charge in [0.25, 0.3) is 0 Å². The highest BCUT2D eigenvalue weighted by molar-refractivity contribution is 7.47. The first-order valence-electron chi connectivity index (χ1n) is 24.4. The van der Waals surface area contributed by atoms with Gasteiger partial charge >= 0.3 is 19.8 Å². The van der Waals surface area contributed by atoms with Crippen molar-refractivity contribution in [1.82, 2.24) is 0 Å². The number of phosphoric acid groups is 1. The average molecular weight is 915 g/mol. The molecule has 0 aromatic heterocycles. The summed E-state index contributed by atoms with van der Waals surface area (Å²) in [5.74, 6) is -1.18. The third-order valence-electron chi connectivity index (χ3n) is 11.2. The fourth-order valence-electron chi connectivity index (χ4n) is 7.26. The van der Waals surface area contributed by atoms with Gasteiger partial charge in [0.05, 0.1) is 6.61 Å². The highest BCUT2D eigenvalue weighted by Crippen LogP contribution is 2.47. The molecule has 8 atom stereocenters. The minimum absolute atomic E-state index is 0.00923. The number of ether oxygens (including phenoxy) is 2. The number of carbonyl (C=O) groups is 2. The largest absolute Gasteiger partial charge is 0.472 e. The van der Waals surface area contributed by atoms with E-state index < -0.39 is 75.7 Å². The minimum atomic E-state index is -5.13. The van der Waals surface area contributed by atoms with Crippen molar-refractivity contribution in [3.63, 3.8) is 0 Å². The van der Waals surface area contributed by atoms with Gasteiger partial charge in [-0.15, -0.1) is 0 Å². The maximum absolute atomic E-state index is 12.8. The zero-order chi connectivity index (χ0) is 46.4. The predicted octanol–water partition coefficient (Wildman–Crippen LogP) is 9.95. The minimum Gasteiger partial charge on any atom is -0.462 e. The number of hydrogen-bond donors (Lipinski definition) is 6. The lowest BCUT2D eigenvalue weighted by atomic mass is 9.85. The van der Waals surface area contributed by atoms with Crippen molar-refractivity contribution in [2.75, 3.05) is 13.2 Å². The number of esters is 2. The van der Waals surface area contributed by atoms with E-state index in [9.17, 15) is 44.6 Å². The number of carbonyl (C=O) groups excluding carboxylic acids is 2. The van der Waals surface area contributed by atoms with E-state index in [2.05, 4.69) is 50.3 Å². The molecule has 6 N–H and O–H groups in total. The molecule has 0 amide bonds. The maximum atomic E-state index is 12.8. The third kappa shape index (κ3) is 31.4. The second-order valence-corrected chi connectivity index (χ2v) is 18.3. The van der Waals surface area contributed by atoms with E-state index in [4.69, 9.17) is 18.5 Å². The van der Waals surface area contributed by atoms with Crippen LogP contribution in [0.1, 0.15) is 194 Å². The summed E-state index contributed by atoms with van der Waals surface area (Å²) in [6.07, 6.45) is 33.3. The van der Waals surface area contributed by atoms with Gasteiger partial charge in [-0.1, -0.05) is 172 Å². The second-order valence-electron chi connectivity index (χ2n) is 16.9. The lowest BCUT2D eigenvalue weighted by Gasteiger charge is -2.41. The Balaban J connectivity index is 2.40. The Labute approximate surface area is 380 Å². The Morgan fingerprint density at radius 3 is 1.43 bits per heavy atom. The lowest BCUT2D eigenvalue weighted by Crippen LogP contribution is -2.64. The summed E-state index contributed by atoms with van der Waals surface area (Å²) in [6, 6.07) is 0. The molecule has 1 fully saturated rings. The first kappa shape index (κ1) is 58.8. The van der Waals surface area contributed by atoms with E-state index in [0.29, 0.717) is 12.8 Å². The number of rotatable bonds is 40. The van der Waals surface area contributed by atoms with Crippen LogP contribution in [-0.4, -0.2) is 98.3 Å². The molecule has 13 nitrogen and oxygen atoms in total. The molecule has 366 valence electrons. The van der Waals surface area contributed by atoms with Crippen molar-refractivity contribution < 1.29 is 63.1 Å². The number of aliphatic hydroxyl groups is 5. The molecule has 7 unspecified atom stereocenters. The summed E-state index contributed by atoms with van der Waals surface area (Å²) >= 11 is 0. The molecule has 1 saturated carbocycles. The molecule has 1 aliphatic carbocycles. The first-order valence-corrected chi connectivity index (χ1v) is 25.9. The number of phosphoric ester groups is 1. The molecule has 63 heavy (non-hydrogen) atoms. The van der Waals surface area contributed by atoms with Crippen molar-refractivity contribution >= 4 is 19.8 Å². The van der Waals surface area contributed by atoms with Gasteiger partial charge in [-0.3, -0.25) is 18.6 Å². The summed E-state index contributed by atoms with van der Waals surface area (Å²) < 4.78 is 33.5. The van der Waals surface area contributed by atoms with Crippen molar-refractivity contribution in [3.8, 4) is 0 Å². The number of aliphatic hydroxyl groups excluding tert-OH is 5. The van der Waals surface area contributed by atoms with E-state index in [1.54, 1.807) is 0 Å². The molecule has 0 saturated heterocycles. The van der Waals surface area contributed by atoms with Gasteiger partial charge in [-0.25, -0.2) is 4.57 Å². The summed E-state index contributed by atoms with van der Waals surface area (Å²) in [4.78, 5) is 35.7. The van der Waals surface area contributed by atoms with Crippen LogP contribution in [0.3, 0.4) is 0 Å². The molecule has 1 aliphatic rings. The highest BCUT2D eigenvalue weighted by Gasteiger charge is 2.51. The molecule has 1 rings (SSSR count). The van der Waals surface area contributed by atoms with E-state index in [1.807, 2.05) is 12.2 Å². The Kier molecular flexibility index (Phi) is 36.4. The van der Waals surface area contributed by atoms with Crippen LogP contribution in [0.2, 0.25) is 0 Å². The summed E-state index contributed by atoms with van der Waals surface area (Å²) in [6.45, 7) is 3.15. The van der Waals surface area contributed by atoms with Gasteiger partial charge in [0.15, 0.2) is 6.10 Å². The quantitative estimate of drug-likeness (QED) is 0.0147. The molecule has 0 aromatic rings. The SMILES string of the molecule is CC/C=C/C/C=C/CCCCCCCCCCCCCCCCC(=O)OCC(COP(=O)(O)OC1C(O)C(O)C(O)[C@H](O)C1O)OC(=O)CC/C=C/C/C=C/CCCCCCCC. The van der Waals surface area contributed by atoms with Gasteiger partial charge in [0.1, 0.15) is 43.2 Å². The fraction of sp³-hybridized carbons (Fsp3) is 0.796. The Bertz CT molecular complexity index is 1290. The van der Waals surface area contributed by atoms with Crippen LogP contribution < -0.4 is 0 Å². The lowest BCUT2D eigenvalue weighted by molar-refractivity contribution is -0.220. The van der Waals surface area contributed by atoms with Crippen LogP contribution in [0.5, 0.6) is 0 Å². The summed E-state index contributed by atoms with van der Waals surface area (Å²) in [7, 11) is -5.13. The van der Waals surface area contributed by atoms with E-state index in [1.165, 1.54) is 109 Å². The van der Waals surface area contributed by atoms with Gasteiger partial charge < -0.3 is 39.9 Å². The van der Waals surface area contributed by atoms with Gasteiger partial charge in [-0.05, 0) is 57.8 Å². The molecular weight excluding hydrogens is 827 g/mol. The summed E-state index contributed by atoms with van der Waals surface area (Å²) in [5.41, 5.74) is 0. The van der Waals surface area contributed by atoms with Crippen LogP contribution in [-0.2, 0) is 32.7 Å². The highest BCUT2D eigenvalue weighted by atomic mass is 31.2. The molecule has 0 radical (unpaired) electrons. The smallest absolute Gasteiger partial charge is 0.462 e.